The highest BCUT2D eigenvalue weighted by Crippen LogP contribution is 2.25. The third-order valence-corrected chi connectivity index (χ3v) is 4.40. The van der Waals surface area contributed by atoms with Gasteiger partial charge in [0.25, 0.3) is 0 Å². The van der Waals surface area contributed by atoms with Crippen LogP contribution in [0.4, 0.5) is 0 Å². The Morgan fingerprint density at radius 1 is 1.56 bits per heavy atom. The minimum absolute atomic E-state index is 0.00322. The van der Waals surface area contributed by atoms with Gasteiger partial charge in [0.15, 0.2) is 0 Å². The minimum Gasteiger partial charge on any atom is -0.340 e. The first-order valence-electron chi connectivity index (χ1n) is 6.49. The van der Waals surface area contributed by atoms with Crippen molar-refractivity contribution in [3.05, 3.63) is 16.1 Å². The average molecular weight is 267 g/mol. The van der Waals surface area contributed by atoms with E-state index in [9.17, 15) is 4.79 Å². The van der Waals surface area contributed by atoms with Crippen molar-refractivity contribution >= 4 is 17.2 Å². The molecule has 0 aromatic carbocycles. The molecule has 5 heteroatoms. The van der Waals surface area contributed by atoms with Crippen LogP contribution in [0.1, 0.15) is 36.4 Å². The molecule has 1 fully saturated rings. The van der Waals surface area contributed by atoms with E-state index in [1.807, 2.05) is 19.4 Å². The van der Waals surface area contributed by atoms with Crippen molar-refractivity contribution in [1.29, 1.82) is 0 Å². The summed E-state index contributed by atoms with van der Waals surface area (Å²) in [5.74, 6) is 0.177. The maximum Gasteiger partial charge on any atom is 0.227 e. The Bertz CT molecular complexity index is 418. The SMILES string of the molecule is Cc1nc(CN(C)C(=O)C2CCCCC2N)cs1. The summed E-state index contributed by atoms with van der Waals surface area (Å²) in [7, 11) is 1.85. The van der Waals surface area contributed by atoms with Crippen LogP contribution in [0.5, 0.6) is 0 Å². The van der Waals surface area contributed by atoms with Crippen LogP contribution in [0.15, 0.2) is 5.38 Å². The van der Waals surface area contributed by atoms with E-state index in [0.29, 0.717) is 6.54 Å². The van der Waals surface area contributed by atoms with Gasteiger partial charge < -0.3 is 10.6 Å². The number of nitrogens with zero attached hydrogens (tertiary/aromatic N) is 2. The van der Waals surface area contributed by atoms with Crippen LogP contribution in [0, 0.1) is 12.8 Å². The van der Waals surface area contributed by atoms with Gasteiger partial charge in [-0.05, 0) is 19.8 Å². The van der Waals surface area contributed by atoms with Gasteiger partial charge in [-0.25, -0.2) is 4.98 Å². The maximum atomic E-state index is 12.3. The van der Waals surface area contributed by atoms with Crippen molar-refractivity contribution in [2.45, 2.75) is 45.2 Å². The third kappa shape index (κ3) is 3.09. The molecule has 2 rings (SSSR count). The maximum absolute atomic E-state index is 12.3. The molecule has 0 saturated heterocycles. The molecule has 0 spiro atoms. The fourth-order valence-corrected chi connectivity index (χ4v) is 3.15. The lowest BCUT2D eigenvalue weighted by Gasteiger charge is -2.30. The molecule has 0 radical (unpaired) electrons. The van der Waals surface area contributed by atoms with Gasteiger partial charge in [-0.15, -0.1) is 11.3 Å². The second-order valence-electron chi connectivity index (χ2n) is 5.11. The number of thiazole rings is 1. The molecule has 2 atom stereocenters. The van der Waals surface area contributed by atoms with Crippen LogP contribution in [0.2, 0.25) is 0 Å². The van der Waals surface area contributed by atoms with Crippen molar-refractivity contribution in [2.75, 3.05) is 7.05 Å². The monoisotopic (exact) mass is 267 g/mol. The number of aromatic nitrogens is 1. The van der Waals surface area contributed by atoms with Crippen molar-refractivity contribution in [3.8, 4) is 0 Å². The number of carbonyl (C=O) groups excluding carboxylic acids is 1. The Morgan fingerprint density at radius 3 is 2.89 bits per heavy atom. The Kier molecular flexibility index (Phi) is 4.35. The van der Waals surface area contributed by atoms with Gasteiger partial charge in [-0.2, -0.15) is 0 Å². The highest BCUT2D eigenvalue weighted by molar-refractivity contribution is 7.09. The van der Waals surface area contributed by atoms with Crippen molar-refractivity contribution in [3.63, 3.8) is 0 Å². The van der Waals surface area contributed by atoms with Crippen LogP contribution in [-0.4, -0.2) is 28.9 Å². The Hall–Kier alpha value is -0.940. The number of amides is 1. The summed E-state index contributed by atoms with van der Waals surface area (Å²) in [6.07, 6.45) is 4.17. The molecule has 18 heavy (non-hydrogen) atoms. The largest absolute Gasteiger partial charge is 0.340 e. The summed E-state index contributed by atoms with van der Waals surface area (Å²) in [4.78, 5) is 18.5. The summed E-state index contributed by atoms with van der Waals surface area (Å²) in [5, 5.41) is 3.06. The molecule has 4 nitrogen and oxygen atoms in total. The predicted octanol–water partition coefficient (Wildman–Crippen LogP) is 1.93. The normalized spacial score (nSPS) is 23.9. The number of carbonyl (C=O) groups is 1. The van der Waals surface area contributed by atoms with E-state index in [2.05, 4.69) is 4.98 Å². The number of nitrogens with two attached hydrogens (primary N) is 1. The molecule has 1 saturated carbocycles. The standard InChI is InChI=1S/C13H21N3OS/c1-9-15-10(8-18-9)7-16(2)13(17)11-5-3-4-6-12(11)14/h8,11-12H,3-7,14H2,1-2H3. The number of hydrogen-bond acceptors (Lipinski definition) is 4. The minimum atomic E-state index is 0.00322. The lowest BCUT2D eigenvalue weighted by Crippen LogP contribution is -2.44. The van der Waals surface area contributed by atoms with E-state index < -0.39 is 0 Å². The lowest BCUT2D eigenvalue weighted by atomic mass is 9.84. The number of rotatable bonds is 3. The van der Waals surface area contributed by atoms with Crippen molar-refractivity contribution in [2.24, 2.45) is 11.7 Å². The van der Waals surface area contributed by atoms with Gasteiger partial charge in [0.2, 0.25) is 5.91 Å². The quantitative estimate of drug-likeness (QED) is 0.910. The smallest absolute Gasteiger partial charge is 0.227 e. The zero-order chi connectivity index (χ0) is 13.1. The molecule has 1 aromatic heterocycles. The molecule has 1 aromatic rings. The zero-order valence-corrected chi connectivity index (χ0v) is 11.9. The van der Waals surface area contributed by atoms with Crippen LogP contribution in [-0.2, 0) is 11.3 Å². The third-order valence-electron chi connectivity index (χ3n) is 3.58. The van der Waals surface area contributed by atoms with E-state index in [1.165, 1.54) is 0 Å². The first-order valence-corrected chi connectivity index (χ1v) is 7.37. The summed E-state index contributed by atoms with van der Waals surface area (Å²) in [6.45, 7) is 2.57. The summed E-state index contributed by atoms with van der Waals surface area (Å²) >= 11 is 1.62. The van der Waals surface area contributed by atoms with Gasteiger partial charge in [0.05, 0.1) is 23.2 Å². The number of aryl methyl sites for hydroxylation is 1. The second-order valence-corrected chi connectivity index (χ2v) is 6.17. The lowest BCUT2D eigenvalue weighted by molar-refractivity contribution is -0.136. The molecule has 0 aliphatic heterocycles. The van der Waals surface area contributed by atoms with E-state index in [-0.39, 0.29) is 17.9 Å². The number of hydrogen-bond donors (Lipinski definition) is 1. The fourth-order valence-electron chi connectivity index (χ4n) is 2.55. The second kappa shape index (κ2) is 5.80. The predicted molar refractivity (Wildman–Crippen MR) is 73.3 cm³/mol. The highest BCUT2D eigenvalue weighted by atomic mass is 32.1. The van der Waals surface area contributed by atoms with Gasteiger partial charge in [0, 0.05) is 18.5 Å². The molecular weight excluding hydrogens is 246 g/mol. The van der Waals surface area contributed by atoms with E-state index in [4.69, 9.17) is 5.73 Å². The molecule has 2 unspecified atom stereocenters. The Labute approximate surface area is 112 Å². The Balaban J connectivity index is 1.95. The fraction of sp³-hybridized carbons (Fsp3) is 0.692. The van der Waals surface area contributed by atoms with Crippen LogP contribution in [0.25, 0.3) is 0 Å². The van der Waals surface area contributed by atoms with Crippen molar-refractivity contribution < 1.29 is 4.79 Å². The molecular formula is C13H21N3OS. The van der Waals surface area contributed by atoms with Crippen molar-refractivity contribution in [1.82, 2.24) is 9.88 Å². The summed E-state index contributed by atoms with van der Waals surface area (Å²) in [5.41, 5.74) is 7.02. The van der Waals surface area contributed by atoms with Crippen LogP contribution < -0.4 is 5.73 Å². The molecule has 100 valence electrons. The van der Waals surface area contributed by atoms with Crippen LogP contribution in [0.3, 0.4) is 0 Å². The van der Waals surface area contributed by atoms with Gasteiger partial charge in [0.1, 0.15) is 0 Å². The zero-order valence-electron chi connectivity index (χ0n) is 11.1. The van der Waals surface area contributed by atoms with E-state index in [0.717, 1.165) is 36.4 Å². The molecule has 1 aliphatic rings. The molecule has 2 N–H and O–H groups in total. The molecule has 1 aliphatic carbocycles. The molecule has 1 amide bonds. The average Bonchev–Trinajstić information content (AvgIpc) is 2.74. The summed E-state index contributed by atoms with van der Waals surface area (Å²) < 4.78 is 0. The van der Waals surface area contributed by atoms with Crippen LogP contribution >= 0.6 is 11.3 Å². The van der Waals surface area contributed by atoms with E-state index >= 15 is 0 Å². The first kappa shape index (κ1) is 13.5. The van der Waals surface area contributed by atoms with Gasteiger partial charge >= 0.3 is 0 Å². The molecule has 1 heterocycles. The molecule has 0 bridgehead atoms. The highest BCUT2D eigenvalue weighted by Gasteiger charge is 2.30. The van der Waals surface area contributed by atoms with Gasteiger partial charge in [-0.3, -0.25) is 4.79 Å². The summed E-state index contributed by atoms with van der Waals surface area (Å²) in [6, 6.07) is 0.0332. The topological polar surface area (TPSA) is 59.2 Å². The Morgan fingerprint density at radius 2 is 2.28 bits per heavy atom. The van der Waals surface area contributed by atoms with E-state index in [1.54, 1.807) is 16.2 Å². The first-order chi connectivity index (χ1) is 8.58. The van der Waals surface area contributed by atoms with Gasteiger partial charge in [-0.1, -0.05) is 12.8 Å².